The fraction of sp³-hybridized carbons (Fsp3) is 0.400. The van der Waals surface area contributed by atoms with Gasteiger partial charge in [-0.2, -0.15) is 0 Å². The molecule has 1 fully saturated rings. The lowest BCUT2D eigenvalue weighted by Gasteiger charge is -2.15. The maximum absolute atomic E-state index is 13.2. The average Bonchev–Trinajstić information content (AvgIpc) is 2.74. The zero-order chi connectivity index (χ0) is 11.3. The van der Waals surface area contributed by atoms with Crippen LogP contribution >= 0.6 is 11.6 Å². The molecule has 0 bridgehead atoms. The number of hydrogen-bond donors (Lipinski definition) is 1. The Morgan fingerprint density at radius 2 is 2.00 bits per heavy atom. The lowest BCUT2D eigenvalue weighted by atomic mass is 9.95. The summed E-state index contributed by atoms with van der Waals surface area (Å²) in [6.45, 7) is -0.233. The third kappa shape index (κ3) is 1.43. The largest absolute Gasteiger partial charge is 0.329 e. The second-order valence-corrected chi connectivity index (χ2v) is 4.20. The first kappa shape index (κ1) is 10.8. The van der Waals surface area contributed by atoms with Crippen molar-refractivity contribution >= 4 is 11.6 Å². The molecule has 0 saturated heterocycles. The van der Waals surface area contributed by atoms with Crippen molar-refractivity contribution in [3.8, 4) is 0 Å². The number of rotatable bonds is 2. The molecular weight excluding hydrogens is 227 g/mol. The minimum absolute atomic E-state index is 0.108. The van der Waals surface area contributed by atoms with Crippen molar-refractivity contribution in [2.24, 2.45) is 5.73 Å². The second kappa shape index (κ2) is 3.12. The van der Waals surface area contributed by atoms with Crippen molar-refractivity contribution in [3.63, 3.8) is 0 Å². The smallest absolute Gasteiger partial charge is 0.260 e. The molecule has 0 aromatic heterocycles. The first-order valence-corrected chi connectivity index (χ1v) is 4.84. The van der Waals surface area contributed by atoms with E-state index in [1.54, 1.807) is 0 Å². The maximum Gasteiger partial charge on any atom is 0.260 e. The summed E-state index contributed by atoms with van der Waals surface area (Å²) in [7, 11) is 0. The topological polar surface area (TPSA) is 26.0 Å². The molecule has 15 heavy (non-hydrogen) atoms. The van der Waals surface area contributed by atoms with Crippen LogP contribution in [0.3, 0.4) is 0 Å². The van der Waals surface area contributed by atoms with Crippen LogP contribution in [-0.4, -0.2) is 12.5 Å². The molecule has 1 aromatic carbocycles. The Balaban J connectivity index is 2.50. The summed E-state index contributed by atoms with van der Waals surface area (Å²) in [5.41, 5.74) is 3.98. The van der Waals surface area contributed by atoms with Gasteiger partial charge in [-0.3, -0.25) is 0 Å². The third-order valence-corrected chi connectivity index (χ3v) is 3.22. The van der Waals surface area contributed by atoms with Crippen LogP contribution in [0.2, 0.25) is 5.02 Å². The van der Waals surface area contributed by atoms with E-state index < -0.39 is 17.2 Å². The van der Waals surface area contributed by atoms with E-state index in [0.29, 0.717) is 0 Å². The van der Waals surface area contributed by atoms with Crippen LogP contribution in [0.1, 0.15) is 12.0 Å². The summed E-state index contributed by atoms with van der Waals surface area (Å²) in [6.07, 6.45) is -0.361. The predicted octanol–water partition coefficient (Wildman–Crippen LogP) is 2.71. The van der Waals surface area contributed by atoms with Crippen LogP contribution in [0.4, 0.5) is 13.2 Å². The molecule has 1 unspecified atom stereocenters. The Morgan fingerprint density at radius 1 is 1.40 bits per heavy atom. The van der Waals surface area contributed by atoms with E-state index >= 15 is 0 Å². The van der Waals surface area contributed by atoms with E-state index in [4.69, 9.17) is 17.3 Å². The zero-order valence-electron chi connectivity index (χ0n) is 7.74. The standard InChI is InChI=1S/C10H9ClF3N/c11-8-2-1-6(12)3-7(8)9(5-15)4-10(9,13)14/h1-3H,4-5,15H2. The number of nitrogens with two attached hydrogens (primary N) is 1. The van der Waals surface area contributed by atoms with Gasteiger partial charge < -0.3 is 5.73 Å². The van der Waals surface area contributed by atoms with Gasteiger partial charge in [-0.1, -0.05) is 11.6 Å². The van der Waals surface area contributed by atoms with Crippen LogP contribution in [0.15, 0.2) is 18.2 Å². The summed E-state index contributed by atoms with van der Waals surface area (Å²) < 4.78 is 39.3. The lowest BCUT2D eigenvalue weighted by Crippen LogP contribution is -2.27. The maximum atomic E-state index is 13.2. The van der Waals surface area contributed by atoms with Gasteiger partial charge in [0.25, 0.3) is 5.92 Å². The summed E-state index contributed by atoms with van der Waals surface area (Å²) in [5, 5.41) is 0.138. The van der Waals surface area contributed by atoms with Gasteiger partial charge in [0.1, 0.15) is 5.82 Å². The molecule has 82 valence electrons. The lowest BCUT2D eigenvalue weighted by molar-refractivity contribution is 0.0896. The number of benzene rings is 1. The van der Waals surface area contributed by atoms with Crippen LogP contribution in [0.5, 0.6) is 0 Å². The third-order valence-electron chi connectivity index (χ3n) is 2.89. The Hall–Kier alpha value is -0.740. The van der Waals surface area contributed by atoms with Gasteiger partial charge in [0, 0.05) is 18.0 Å². The molecule has 0 radical (unpaired) electrons. The minimum Gasteiger partial charge on any atom is -0.329 e. The fourth-order valence-corrected chi connectivity index (χ4v) is 2.12. The van der Waals surface area contributed by atoms with E-state index in [1.807, 2.05) is 0 Å². The molecule has 0 aliphatic heterocycles. The monoisotopic (exact) mass is 235 g/mol. The Bertz CT molecular complexity index is 408. The van der Waals surface area contributed by atoms with Gasteiger partial charge in [0.05, 0.1) is 5.41 Å². The van der Waals surface area contributed by atoms with E-state index in [0.717, 1.165) is 12.1 Å². The second-order valence-electron chi connectivity index (χ2n) is 3.79. The SMILES string of the molecule is NCC1(c2cc(F)ccc2Cl)CC1(F)F. The number of hydrogen-bond acceptors (Lipinski definition) is 1. The zero-order valence-corrected chi connectivity index (χ0v) is 8.49. The van der Waals surface area contributed by atoms with E-state index in [-0.39, 0.29) is 23.6 Å². The normalized spacial score (nSPS) is 27.8. The van der Waals surface area contributed by atoms with Crippen molar-refractivity contribution in [3.05, 3.63) is 34.6 Å². The molecule has 1 aliphatic carbocycles. The summed E-state index contributed by atoms with van der Waals surface area (Å²) in [6, 6.07) is 3.45. The van der Waals surface area contributed by atoms with Crippen molar-refractivity contribution < 1.29 is 13.2 Å². The minimum atomic E-state index is -2.88. The molecule has 2 N–H and O–H groups in total. The van der Waals surface area contributed by atoms with Crippen molar-refractivity contribution in [1.29, 1.82) is 0 Å². The quantitative estimate of drug-likeness (QED) is 0.838. The molecule has 1 atom stereocenters. The first-order chi connectivity index (χ1) is 6.93. The van der Waals surface area contributed by atoms with Gasteiger partial charge in [-0.05, 0) is 23.8 Å². The Kier molecular flexibility index (Phi) is 2.24. The Morgan fingerprint density at radius 3 is 2.47 bits per heavy atom. The molecule has 1 nitrogen and oxygen atoms in total. The van der Waals surface area contributed by atoms with Crippen LogP contribution < -0.4 is 5.73 Å². The predicted molar refractivity (Wildman–Crippen MR) is 51.7 cm³/mol. The molecule has 0 amide bonds. The molecule has 1 aromatic rings. The van der Waals surface area contributed by atoms with Crippen LogP contribution in [-0.2, 0) is 5.41 Å². The van der Waals surface area contributed by atoms with Crippen LogP contribution in [0.25, 0.3) is 0 Å². The van der Waals surface area contributed by atoms with Crippen molar-refractivity contribution in [2.45, 2.75) is 17.8 Å². The first-order valence-electron chi connectivity index (χ1n) is 4.46. The van der Waals surface area contributed by atoms with Gasteiger partial charge in [0.2, 0.25) is 0 Å². The molecule has 5 heteroatoms. The molecule has 0 heterocycles. The van der Waals surface area contributed by atoms with Gasteiger partial charge in [-0.15, -0.1) is 0 Å². The van der Waals surface area contributed by atoms with E-state index in [2.05, 4.69) is 0 Å². The molecule has 2 rings (SSSR count). The van der Waals surface area contributed by atoms with Crippen molar-refractivity contribution in [1.82, 2.24) is 0 Å². The van der Waals surface area contributed by atoms with Crippen molar-refractivity contribution in [2.75, 3.05) is 6.54 Å². The highest BCUT2D eigenvalue weighted by atomic mass is 35.5. The van der Waals surface area contributed by atoms with Crippen LogP contribution in [0, 0.1) is 5.82 Å². The molecule has 1 saturated carbocycles. The van der Waals surface area contributed by atoms with Gasteiger partial charge in [-0.25, -0.2) is 13.2 Å². The Labute approximate surface area is 90.0 Å². The molecule has 0 spiro atoms. The average molecular weight is 236 g/mol. The van der Waals surface area contributed by atoms with E-state index in [1.165, 1.54) is 6.07 Å². The summed E-state index contributed by atoms with van der Waals surface area (Å²) in [5.74, 6) is -3.45. The molecule has 1 aliphatic rings. The van der Waals surface area contributed by atoms with Gasteiger partial charge in [0.15, 0.2) is 0 Å². The summed E-state index contributed by atoms with van der Waals surface area (Å²) in [4.78, 5) is 0. The number of alkyl halides is 2. The van der Waals surface area contributed by atoms with E-state index in [9.17, 15) is 13.2 Å². The molecular formula is C10H9ClF3N. The fourth-order valence-electron chi connectivity index (χ4n) is 1.82. The van der Waals surface area contributed by atoms with Gasteiger partial charge >= 0.3 is 0 Å². The highest BCUT2D eigenvalue weighted by molar-refractivity contribution is 6.31. The summed E-state index contributed by atoms with van der Waals surface area (Å²) >= 11 is 5.77. The number of halogens is 4. The highest BCUT2D eigenvalue weighted by Gasteiger charge is 2.71. The highest BCUT2D eigenvalue weighted by Crippen LogP contribution is 2.62.